The first-order valence-electron chi connectivity index (χ1n) is 13.6. The molecule has 1 saturated carbocycles. The summed E-state index contributed by atoms with van der Waals surface area (Å²) in [6.45, 7) is 1.87. The number of piperidine rings is 1. The molecule has 4 fully saturated rings. The minimum absolute atomic E-state index is 0.00977. The van der Waals surface area contributed by atoms with Crippen LogP contribution < -0.4 is 0 Å². The Morgan fingerprint density at radius 1 is 0.892 bits per heavy atom. The number of rotatable bonds is 5. The van der Waals surface area contributed by atoms with Gasteiger partial charge in [0.2, 0.25) is 5.91 Å². The molecule has 3 aliphatic heterocycles. The van der Waals surface area contributed by atoms with E-state index in [9.17, 15) is 19.2 Å². The van der Waals surface area contributed by atoms with Crippen molar-refractivity contribution >= 4 is 35.5 Å². The van der Waals surface area contributed by atoms with Crippen molar-refractivity contribution in [3.8, 4) is 0 Å². The zero-order chi connectivity index (χ0) is 25.9. The van der Waals surface area contributed by atoms with Gasteiger partial charge in [-0.15, -0.1) is 0 Å². The van der Waals surface area contributed by atoms with Crippen molar-refractivity contribution in [2.45, 2.75) is 63.8 Å². The minimum atomic E-state index is -0.791. The standard InChI is InChI=1S/C27H35ClN4O5/c28-22-10-8-19(9-11-22)6-7-20-12-14-29(15-13-20)27(36)37-32-25(34)23-18-30(16-17-31(23)26(32)35)24(33)21-4-2-1-3-5-21/h8-11,20-21,23H,1-7,12-18H2. The molecule has 0 N–H and O–H groups in total. The quantitative estimate of drug-likeness (QED) is 0.535. The van der Waals surface area contributed by atoms with Crippen molar-refractivity contribution in [2.24, 2.45) is 11.8 Å². The number of carbonyl (C=O) groups is 4. The number of benzene rings is 1. The number of hydroxylamine groups is 2. The lowest BCUT2D eigenvalue weighted by Gasteiger charge is -2.37. The number of nitrogens with zero attached hydrogens (tertiary/aromatic N) is 4. The third-order valence-corrected chi connectivity index (χ3v) is 8.60. The summed E-state index contributed by atoms with van der Waals surface area (Å²) in [4.78, 5) is 61.7. The number of hydrogen-bond acceptors (Lipinski definition) is 5. The van der Waals surface area contributed by atoms with Crippen molar-refractivity contribution in [2.75, 3.05) is 32.7 Å². The summed E-state index contributed by atoms with van der Waals surface area (Å²) in [5, 5.41) is 1.33. The molecule has 1 atom stereocenters. The minimum Gasteiger partial charge on any atom is -0.338 e. The number of fused-ring (bicyclic) bond motifs is 1. The Labute approximate surface area is 222 Å². The monoisotopic (exact) mass is 530 g/mol. The Kier molecular flexibility index (Phi) is 7.88. The van der Waals surface area contributed by atoms with Gasteiger partial charge in [0.15, 0.2) is 0 Å². The molecular weight excluding hydrogens is 496 g/mol. The molecule has 0 spiro atoms. The molecule has 3 heterocycles. The molecule has 1 aromatic carbocycles. The molecule has 0 aromatic heterocycles. The molecule has 0 radical (unpaired) electrons. The molecule has 0 bridgehead atoms. The Bertz CT molecular complexity index is 1020. The Balaban J connectivity index is 1.10. The van der Waals surface area contributed by atoms with E-state index in [1.54, 1.807) is 9.80 Å². The highest BCUT2D eigenvalue weighted by atomic mass is 35.5. The van der Waals surface area contributed by atoms with E-state index >= 15 is 0 Å². The normalized spacial score (nSPS) is 23.4. The van der Waals surface area contributed by atoms with Gasteiger partial charge in [-0.25, -0.2) is 9.59 Å². The van der Waals surface area contributed by atoms with Crippen LogP contribution >= 0.6 is 11.6 Å². The van der Waals surface area contributed by atoms with Gasteiger partial charge in [0.1, 0.15) is 6.04 Å². The van der Waals surface area contributed by atoms with Crippen LogP contribution in [0.3, 0.4) is 0 Å². The molecule has 5 amide bonds. The van der Waals surface area contributed by atoms with E-state index in [-0.39, 0.29) is 24.9 Å². The van der Waals surface area contributed by atoms with E-state index in [1.807, 2.05) is 24.3 Å². The summed E-state index contributed by atoms with van der Waals surface area (Å²) in [5.74, 6) is 0.0123. The van der Waals surface area contributed by atoms with Gasteiger partial charge in [0.05, 0.1) is 6.54 Å². The van der Waals surface area contributed by atoms with E-state index in [1.165, 1.54) is 10.5 Å². The van der Waals surface area contributed by atoms with Crippen molar-refractivity contribution in [3.05, 3.63) is 34.9 Å². The molecular formula is C27H35ClN4O5. The first-order valence-corrected chi connectivity index (χ1v) is 13.9. The van der Waals surface area contributed by atoms with Crippen LogP contribution in [-0.2, 0) is 20.8 Å². The van der Waals surface area contributed by atoms with Crippen LogP contribution in [0.5, 0.6) is 0 Å². The van der Waals surface area contributed by atoms with Crippen molar-refractivity contribution in [1.29, 1.82) is 0 Å². The highest BCUT2D eigenvalue weighted by Crippen LogP contribution is 2.29. The van der Waals surface area contributed by atoms with E-state index in [4.69, 9.17) is 16.4 Å². The van der Waals surface area contributed by atoms with Crippen LogP contribution in [0.15, 0.2) is 24.3 Å². The zero-order valence-corrected chi connectivity index (χ0v) is 21.9. The first-order chi connectivity index (χ1) is 17.9. The maximum Gasteiger partial charge on any atom is 0.434 e. The lowest BCUT2D eigenvalue weighted by molar-refractivity contribution is -0.153. The van der Waals surface area contributed by atoms with Gasteiger partial charge in [-0.3, -0.25) is 9.59 Å². The highest BCUT2D eigenvalue weighted by molar-refractivity contribution is 6.30. The van der Waals surface area contributed by atoms with E-state index < -0.39 is 24.1 Å². The molecule has 9 nitrogen and oxygen atoms in total. The number of hydrogen-bond donors (Lipinski definition) is 0. The van der Waals surface area contributed by atoms with Crippen LogP contribution in [-0.4, -0.2) is 82.5 Å². The average Bonchev–Trinajstić information content (AvgIpc) is 3.17. The number of likely N-dealkylation sites (tertiary alicyclic amines) is 1. The summed E-state index contributed by atoms with van der Waals surface area (Å²) in [6.07, 6.45) is 8.05. The third-order valence-electron chi connectivity index (χ3n) is 8.35. The molecule has 4 aliphatic rings. The molecule has 1 unspecified atom stereocenters. The lowest BCUT2D eigenvalue weighted by Crippen LogP contribution is -2.55. The van der Waals surface area contributed by atoms with Crippen LogP contribution in [0.1, 0.15) is 56.9 Å². The van der Waals surface area contributed by atoms with Crippen molar-refractivity contribution < 1.29 is 24.0 Å². The second kappa shape index (κ2) is 11.3. The number of aryl methyl sites for hydroxylation is 1. The molecule has 1 aromatic rings. The topological polar surface area (TPSA) is 90.5 Å². The first kappa shape index (κ1) is 25.8. The molecule has 37 heavy (non-hydrogen) atoms. The van der Waals surface area contributed by atoms with Gasteiger partial charge in [-0.2, -0.15) is 0 Å². The largest absolute Gasteiger partial charge is 0.434 e. The summed E-state index contributed by atoms with van der Waals surface area (Å²) in [6, 6.07) is 6.46. The Hall–Kier alpha value is -2.81. The molecule has 3 saturated heterocycles. The molecule has 200 valence electrons. The number of piperazine rings is 1. The van der Waals surface area contributed by atoms with Crippen LogP contribution in [0.4, 0.5) is 9.59 Å². The summed E-state index contributed by atoms with van der Waals surface area (Å²) in [5.41, 5.74) is 1.24. The smallest absolute Gasteiger partial charge is 0.338 e. The molecule has 1 aliphatic carbocycles. The summed E-state index contributed by atoms with van der Waals surface area (Å²) < 4.78 is 0. The van der Waals surface area contributed by atoms with Gasteiger partial charge in [0, 0.05) is 37.1 Å². The number of urea groups is 1. The fourth-order valence-electron chi connectivity index (χ4n) is 6.02. The predicted octanol–water partition coefficient (Wildman–Crippen LogP) is 4.09. The van der Waals surface area contributed by atoms with Gasteiger partial charge < -0.3 is 19.5 Å². The zero-order valence-electron chi connectivity index (χ0n) is 21.1. The fraction of sp³-hybridized carbons (Fsp3) is 0.630. The second-order valence-electron chi connectivity index (χ2n) is 10.7. The van der Waals surface area contributed by atoms with Crippen LogP contribution in [0.25, 0.3) is 0 Å². The number of carbonyl (C=O) groups excluding carboxylic acids is 4. The summed E-state index contributed by atoms with van der Waals surface area (Å²) >= 11 is 5.96. The van der Waals surface area contributed by atoms with E-state index in [0.717, 1.165) is 62.8 Å². The van der Waals surface area contributed by atoms with Gasteiger partial charge in [-0.05, 0) is 62.1 Å². The maximum atomic E-state index is 13.0. The summed E-state index contributed by atoms with van der Waals surface area (Å²) in [7, 11) is 0. The van der Waals surface area contributed by atoms with Gasteiger partial charge in [0.25, 0.3) is 5.91 Å². The molecule has 10 heteroatoms. The third kappa shape index (κ3) is 5.71. The second-order valence-corrected chi connectivity index (χ2v) is 11.1. The number of imide groups is 1. The average molecular weight is 531 g/mol. The predicted molar refractivity (Wildman–Crippen MR) is 136 cm³/mol. The van der Waals surface area contributed by atoms with E-state index in [0.29, 0.717) is 30.6 Å². The number of amides is 5. The van der Waals surface area contributed by atoms with Crippen LogP contribution in [0.2, 0.25) is 5.02 Å². The fourth-order valence-corrected chi connectivity index (χ4v) is 6.15. The van der Waals surface area contributed by atoms with E-state index in [2.05, 4.69) is 0 Å². The Morgan fingerprint density at radius 3 is 2.30 bits per heavy atom. The van der Waals surface area contributed by atoms with Crippen molar-refractivity contribution in [3.63, 3.8) is 0 Å². The van der Waals surface area contributed by atoms with Crippen LogP contribution in [0, 0.1) is 11.8 Å². The van der Waals surface area contributed by atoms with Crippen molar-refractivity contribution in [1.82, 2.24) is 19.8 Å². The Morgan fingerprint density at radius 2 is 1.59 bits per heavy atom. The highest BCUT2D eigenvalue weighted by Gasteiger charge is 2.51. The lowest BCUT2D eigenvalue weighted by atomic mass is 9.88. The maximum absolute atomic E-state index is 13.0. The molecule has 5 rings (SSSR count). The SMILES string of the molecule is O=C(ON1C(=O)C2CN(C(=O)C3CCCCC3)CCN2C1=O)N1CCC(CCc2ccc(Cl)cc2)CC1. The van der Waals surface area contributed by atoms with Gasteiger partial charge >= 0.3 is 12.1 Å². The number of halogens is 1. The van der Waals surface area contributed by atoms with Gasteiger partial charge in [-0.1, -0.05) is 48.1 Å².